The number of hydrogen-bond donors (Lipinski definition) is 2. The quantitative estimate of drug-likeness (QED) is 0.846. The van der Waals surface area contributed by atoms with E-state index in [4.69, 9.17) is 5.73 Å². The maximum absolute atomic E-state index is 13.5. The molecule has 4 heteroatoms. The summed E-state index contributed by atoms with van der Waals surface area (Å²) in [5.74, 6) is -0.366. The van der Waals surface area contributed by atoms with Crippen molar-refractivity contribution in [2.75, 3.05) is 5.73 Å². The third-order valence-corrected chi connectivity index (χ3v) is 3.80. The van der Waals surface area contributed by atoms with Gasteiger partial charge in [0.25, 0.3) is 5.91 Å². The lowest BCUT2D eigenvalue weighted by molar-refractivity contribution is 0.0931. The fourth-order valence-electron chi connectivity index (χ4n) is 2.46. The Bertz CT molecular complexity index is 653. The number of carbonyl (C=O) groups excluding carboxylic acids is 1. The van der Waals surface area contributed by atoms with Crippen LogP contribution in [-0.4, -0.2) is 5.91 Å². The van der Waals surface area contributed by atoms with E-state index < -0.39 is 5.82 Å². The van der Waals surface area contributed by atoms with Gasteiger partial charge in [0.2, 0.25) is 0 Å². The zero-order valence-corrected chi connectivity index (χ0v) is 11.6. The van der Waals surface area contributed by atoms with E-state index in [1.807, 2.05) is 30.3 Å². The van der Waals surface area contributed by atoms with Gasteiger partial charge in [0.05, 0.1) is 11.7 Å². The second-order valence-electron chi connectivity index (χ2n) is 5.44. The fourth-order valence-corrected chi connectivity index (χ4v) is 2.46. The monoisotopic (exact) mass is 284 g/mol. The van der Waals surface area contributed by atoms with Crippen molar-refractivity contribution in [2.45, 2.75) is 18.9 Å². The molecule has 1 saturated carbocycles. The summed E-state index contributed by atoms with van der Waals surface area (Å²) < 4.78 is 13.5. The van der Waals surface area contributed by atoms with Crippen LogP contribution in [0.3, 0.4) is 0 Å². The summed E-state index contributed by atoms with van der Waals surface area (Å²) in [6.45, 7) is 0. The number of nitrogen functional groups attached to an aromatic ring is 1. The Hall–Kier alpha value is -2.36. The topological polar surface area (TPSA) is 55.1 Å². The minimum atomic E-state index is -0.565. The van der Waals surface area contributed by atoms with Crippen molar-refractivity contribution in [3.63, 3.8) is 0 Å². The van der Waals surface area contributed by atoms with Crippen LogP contribution in [0, 0.1) is 11.7 Å². The number of amides is 1. The van der Waals surface area contributed by atoms with E-state index in [9.17, 15) is 9.18 Å². The van der Waals surface area contributed by atoms with Gasteiger partial charge in [-0.3, -0.25) is 4.79 Å². The van der Waals surface area contributed by atoms with Crippen LogP contribution in [0.15, 0.2) is 48.5 Å². The zero-order chi connectivity index (χ0) is 14.8. The molecule has 1 aliphatic rings. The first-order valence-electron chi connectivity index (χ1n) is 7.06. The van der Waals surface area contributed by atoms with E-state index in [0.717, 1.165) is 18.4 Å². The maximum atomic E-state index is 13.5. The van der Waals surface area contributed by atoms with Crippen molar-refractivity contribution >= 4 is 11.6 Å². The van der Waals surface area contributed by atoms with E-state index >= 15 is 0 Å². The van der Waals surface area contributed by atoms with Gasteiger partial charge < -0.3 is 11.1 Å². The third kappa shape index (κ3) is 3.05. The summed E-state index contributed by atoms with van der Waals surface area (Å²) in [5, 5.41) is 3.01. The number of halogens is 1. The molecule has 3 nitrogen and oxygen atoms in total. The van der Waals surface area contributed by atoms with Crippen molar-refractivity contribution < 1.29 is 9.18 Å². The van der Waals surface area contributed by atoms with Crippen molar-refractivity contribution in [2.24, 2.45) is 5.92 Å². The number of nitrogens with one attached hydrogen (secondary N) is 1. The van der Waals surface area contributed by atoms with Gasteiger partial charge in [-0.05, 0) is 42.5 Å². The molecule has 0 aliphatic heterocycles. The molecular weight excluding hydrogens is 267 g/mol. The van der Waals surface area contributed by atoms with E-state index in [1.54, 1.807) is 6.07 Å². The Balaban J connectivity index is 1.79. The lowest BCUT2D eigenvalue weighted by Crippen LogP contribution is -2.30. The van der Waals surface area contributed by atoms with Crippen LogP contribution in [0.1, 0.15) is 34.8 Å². The number of benzene rings is 2. The Labute approximate surface area is 123 Å². The molecule has 0 bridgehead atoms. The normalized spacial score (nSPS) is 15.5. The minimum Gasteiger partial charge on any atom is -0.396 e. The Morgan fingerprint density at radius 2 is 1.90 bits per heavy atom. The zero-order valence-electron chi connectivity index (χ0n) is 11.6. The molecule has 1 fully saturated rings. The van der Waals surface area contributed by atoms with Gasteiger partial charge in [0.1, 0.15) is 5.82 Å². The smallest absolute Gasteiger partial charge is 0.251 e. The molecule has 0 radical (unpaired) electrons. The van der Waals surface area contributed by atoms with E-state index in [1.165, 1.54) is 12.1 Å². The van der Waals surface area contributed by atoms with Gasteiger partial charge in [0, 0.05) is 5.56 Å². The fraction of sp³-hybridized carbons (Fsp3) is 0.235. The molecule has 1 unspecified atom stereocenters. The predicted octanol–water partition coefficient (Wildman–Crippen LogP) is 3.29. The van der Waals surface area contributed by atoms with Crippen molar-refractivity contribution in [3.05, 3.63) is 65.5 Å². The molecular formula is C17H17FN2O. The molecule has 0 saturated heterocycles. The van der Waals surface area contributed by atoms with E-state index in [2.05, 4.69) is 5.32 Å². The largest absolute Gasteiger partial charge is 0.396 e. The average molecular weight is 284 g/mol. The van der Waals surface area contributed by atoms with Gasteiger partial charge in [-0.2, -0.15) is 0 Å². The maximum Gasteiger partial charge on any atom is 0.251 e. The van der Waals surface area contributed by atoms with Crippen LogP contribution in [0.4, 0.5) is 10.1 Å². The third-order valence-electron chi connectivity index (χ3n) is 3.80. The number of anilines is 1. The summed E-state index contributed by atoms with van der Waals surface area (Å²) in [7, 11) is 0. The van der Waals surface area contributed by atoms with Gasteiger partial charge >= 0.3 is 0 Å². The number of hydrogen-bond acceptors (Lipinski definition) is 2. The SMILES string of the molecule is Nc1ccc(C(=O)NC(c2ccccc2)C2CC2)cc1F. The molecule has 1 atom stereocenters. The standard InChI is InChI=1S/C17H17FN2O/c18-14-10-13(8-9-15(14)19)17(21)20-16(12-6-7-12)11-4-2-1-3-5-11/h1-5,8-10,12,16H,6-7,19H2,(H,20,21). The summed E-state index contributed by atoms with van der Waals surface area (Å²) in [6.07, 6.45) is 2.21. The summed E-state index contributed by atoms with van der Waals surface area (Å²) in [6, 6.07) is 14.0. The summed E-state index contributed by atoms with van der Waals surface area (Å²) >= 11 is 0. The van der Waals surface area contributed by atoms with Crippen LogP contribution in [0.25, 0.3) is 0 Å². The van der Waals surface area contributed by atoms with Crippen LogP contribution in [0.2, 0.25) is 0 Å². The van der Waals surface area contributed by atoms with Crippen LogP contribution in [-0.2, 0) is 0 Å². The number of carbonyl (C=O) groups is 1. The van der Waals surface area contributed by atoms with Crippen LogP contribution in [0.5, 0.6) is 0 Å². The van der Waals surface area contributed by atoms with Gasteiger partial charge in [-0.15, -0.1) is 0 Å². The molecule has 1 amide bonds. The van der Waals surface area contributed by atoms with Crippen molar-refractivity contribution in [1.82, 2.24) is 5.32 Å². The molecule has 3 N–H and O–H groups in total. The average Bonchev–Trinajstić information content (AvgIpc) is 3.33. The minimum absolute atomic E-state index is 0.0145. The second kappa shape index (κ2) is 5.56. The van der Waals surface area contributed by atoms with Gasteiger partial charge in [-0.25, -0.2) is 4.39 Å². The molecule has 3 rings (SSSR count). The molecule has 0 spiro atoms. The summed E-state index contributed by atoms with van der Waals surface area (Å²) in [4.78, 5) is 12.3. The molecule has 21 heavy (non-hydrogen) atoms. The lowest BCUT2D eigenvalue weighted by Gasteiger charge is -2.19. The highest BCUT2D eigenvalue weighted by atomic mass is 19.1. The summed E-state index contributed by atoms with van der Waals surface area (Å²) in [5.41, 5.74) is 6.86. The first-order valence-corrected chi connectivity index (χ1v) is 7.06. The Morgan fingerprint density at radius 3 is 2.52 bits per heavy atom. The molecule has 108 valence electrons. The lowest BCUT2D eigenvalue weighted by atomic mass is 10.0. The van der Waals surface area contributed by atoms with Crippen LogP contribution < -0.4 is 11.1 Å². The number of nitrogens with two attached hydrogens (primary N) is 1. The highest BCUT2D eigenvalue weighted by Crippen LogP contribution is 2.41. The molecule has 2 aromatic rings. The highest BCUT2D eigenvalue weighted by molar-refractivity contribution is 5.94. The first kappa shape index (κ1) is 13.6. The van der Waals surface area contributed by atoms with Crippen molar-refractivity contribution in [3.8, 4) is 0 Å². The van der Waals surface area contributed by atoms with Gasteiger partial charge in [0.15, 0.2) is 0 Å². The second-order valence-corrected chi connectivity index (χ2v) is 5.44. The van der Waals surface area contributed by atoms with Crippen molar-refractivity contribution in [1.29, 1.82) is 0 Å². The molecule has 2 aromatic carbocycles. The predicted molar refractivity (Wildman–Crippen MR) is 80.2 cm³/mol. The van der Waals surface area contributed by atoms with E-state index in [0.29, 0.717) is 11.5 Å². The Morgan fingerprint density at radius 1 is 1.19 bits per heavy atom. The molecule has 0 heterocycles. The van der Waals surface area contributed by atoms with E-state index in [-0.39, 0.29) is 17.6 Å². The molecule has 0 aromatic heterocycles. The first-order chi connectivity index (χ1) is 10.1. The Kier molecular flexibility index (Phi) is 3.60. The highest BCUT2D eigenvalue weighted by Gasteiger charge is 2.33. The van der Waals surface area contributed by atoms with Gasteiger partial charge in [-0.1, -0.05) is 30.3 Å². The molecule has 1 aliphatic carbocycles. The number of rotatable bonds is 4. The van der Waals surface area contributed by atoms with Crippen LogP contribution >= 0.6 is 0 Å².